The standard InChI is InChI=1S/C31H35N3O5S/c1-22(2)32-30(36)27(20-24-10-5-4-6-11-24)33(21-25-17-15-23(3)16-18-25)29(35)14-9-19-34-31(37)26-12-7-8-13-28(26)40(34,38)39/h4-8,10-13,15-18,22,27H,9,14,19-21H2,1-3H3,(H,32,36). The molecule has 1 aliphatic heterocycles. The molecule has 3 aromatic rings. The van der Waals surface area contributed by atoms with Crippen LogP contribution in [0.1, 0.15) is 53.7 Å². The minimum atomic E-state index is -3.96. The van der Waals surface area contributed by atoms with Crippen LogP contribution in [0.2, 0.25) is 0 Å². The molecule has 40 heavy (non-hydrogen) atoms. The number of hydrogen-bond donors (Lipinski definition) is 1. The molecule has 1 heterocycles. The molecular weight excluding hydrogens is 526 g/mol. The fourth-order valence-electron chi connectivity index (χ4n) is 4.79. The number of sulfonamides is 1. The summed E-state index contributed by atoms with van der Waals surface area (Å²) in [6.45, 7) is 5.81. The molecule has 1 atom stereocenters. The first-order chi connectivity index (χ1) is 19.1. The van der Waals surface area contributed by atoms with Crippen molar-refractivity contribution in [3.63, 3.8) is 0 Å². The second kappa shape index (κ2) is 12.5. The number of hydrogen-bond acceptors (Lipinski definition) is 5. The van der Waals surface area contributed by atoms with E-state index in [-0.39, 0.29) is 54.2 Å². The van der Waals surface area contributed by atoms with Gasteiger partial charge in [0, 0.05) is 32.0 Å². The summed E-state index contributed by atoms with van der Waals surface area (Å²) in [5.41, 5.74) is 3.02. The van der Waals surface area contributed by atoms with Gasteiger partial charge in [-0.25, -0.2) is 12.7 Å². The third-order valence-corrected chi connectivity index (χ3v) is 8.68. The third-order valence-electron chi connectivity index (χ3n) is 6.84. The summed E-state index contributed by atoms with van der Waals surface area (Å²) < 4.78 is 26.7. The molecule has 1 aliphatic rings. The molecule has 0 saturated heterocycles. The quantitative estimate of drug-likeness (QED) is 0.380. The van der Waals surface area contributed by atoms with Crippen molar-refractivity contribution >= 4 is 27.7 Å². The number of carbonyl (C=O) groups is 3. The van der Waals surface area contributed by atoms with Crippen LogP contribution in [-0.4, -0.2) is 54.0 Å². The van der Waals surface area contributed by atoms with Gasteiger partial charge in [-0.1, -0.05) is 72.3 Å². The summed E-state index contributed by atoms with van der Waals surface area (Å²) in [7, 11) is -3.96. The van der Waals surface area contributed by atoms with Crippen molar-refractivity contribution in [2.24, 2.45) is 0 Å². The van der Waals surface area contributed by atoms with Gasteiger partial charge in [-0.2, -0.15) is 0 Å². The van der Waals surface area contributed by atoms with E-state index in [1.807, 2.05) is 75.4 Å². The first-order valence-corrected chi connectivity index (χ1v) is 14.9. The highest BCUT2D eigenvalue weighted by Gasteiger charge is 2.40. The molecule has 0 fully saturated rings. The summed E-state index contributed by atoms with van der Waals surface area (Å²) in [6.07, 6.45) is 0.430. The van der Waals surface area contributed by atoms with Crippen LogP contribution in [0.15, 0.2) is 83.8 Å². The molecule has 0 bridgehead atoms. The summed E-state index contributed by atoms with van der Waals surface area (Å²) in [4.78, 5) is 41.6. The van der Waals surface area contributed by atoms with E-state index >= 15 is 0 Å². The Labute approximate surface area is 236 Å². The third kappa shape index (κ3) is 6.59. The Morgan fingerprint density at radius 1 is 0.900 bits per heavy atom. The van der Waals surface area contributed by atoms with Crippen molar-refractivity contribution in [2.45, 2.75) is 63.6 Å². The lowest BCUT2D eigenvalue weighted by Crippen LogP contribution is -2.51. The predicted octanol–water partition coefficient (Wildman–Crippen LogP) is 4.08. The van der Waals surface area contributed by atoms with Gasteiger partial charge in [0.2, 0.25) is 11.8 Å². The summed E-state index contributed by atoms with van der Waals surface area (Å²) >= 11 is 0. The number of carbonyl (C=O) groups excluding carboxylic acids is 3. The lowest BCUT2D eigenvalue weighted by atomic mass is 10.0. The van der Waals surface area contributed by atoms with Crippen molar-refractivity contribution in [1.82, 2.24) is 14.5 Å². The minimum Gasteiger partial charge on any atom is -0.352 e. The fourth-order valence-corrected chi connectivity index (χ4v) is 6.40. The van der Waals surface area contributed by atoms with E-state index in [1.165, 1.54) is 12.1 Å². The van der Waals surface area contributed by atoms with Crippen LogP contribution in [0.3, 0.4) is 0 Å². The highest BCUT2D eigenvalue weighted by atomic mass is 32.2. The highest BCUT2D eigenvalue weighted by Crippen LogP contribution is 2.30. The average Bonchev–Trinajstić information content (AvgIpc) is 3.12. The fraction of sp³-hybridized carbons (Fsp3) is 0.323. The van der Waals surface area contributed by atoms with Gasteiger partial charge < -0.3 is 10.2 Å². The molecule has 3 aromatic carbocycles. The normalized spacial score (nSPS) is 14.6. The van der Waals surface area contributed by atoms with Crippen LogP contribution in [0.4, 0.5) is 0 Å². The monoisotopic (exact) mass is 561 g/mol. The minimum absolute atomic E-state index is 0.0133. The maximum atomic E-state index is 13.8. The molecule has 8 nitrogen and oxygen atoms in total. The Kier molecular flexibility index (Phi) is 9.04. The van der Waals surface area contributed by atoms with Crippen LogP contribution >= 0.6 is 0 Å². The number of benzene rings is 3. The molecule has 0 radical (unpaired) electrons. The number of aryl methyl sites for hydroxylation is 1. The zero-order chi connectivity index (χ0) is 28.9. The summed E-state index contributed by atoms with van der Waals surface area (Å²) in [5, 5.41) is 2.96. The van der Waals surface area contributed by atoms with Gasteiger partial charge in [0.1, 0.15) is 10.9 Å². The van der Waals surface area contributed by atoms with E-state index in [0.29, 0.717) is 6.42 Å². The van der Waals surface area contributed by atoms with Crippen molar-refractivity contribution in [3.05, 3.63) is 101 Å². The van der Waals surface area contributed by atoms with E-state index in [0.717, 1.165) is 21.0 Å². The molecule has 0 aliphatic carbocycles. The second-order valence-electron chi connectivity index (χ2n) is 10.4. The number of nitrogens with one attached hydrogen (secondary N) is 1. The average molecular weight is 562 g/mol. The van der Waals surface area contributed by atoms with Gasteiger partial charge in [-0.15, -0.1) is 0 Å². The van der Waals surface area contributed by atoms with Crippen molar-refractivity contribution < 1.29 is 22.8 Å². The van der Waals surface area contributed by atoms with E-state index < -0.39 is 22.0 Å². The molecule has 4 rings (SSSR count). The Hall–Kier alpha value is -3.98. The van der Waals surface area contributed by atoms with Crippen LogP contribution in [0, 0.1) is 6.92 Å². The van der Waals surface area contributed by atoms with E-state index in [9.17, 15) is 22.8 Å². The lowest BCUT2D eigenvalue weighted by molar-refractivity contribution is -0.141. The van der Waals surface area contributed by atoms with Gasteiger partial charge in [-0.3, -0.25) is 14.4 Å². The Bertz CT molecular complexity index is 1470. The number of fused-ring (bicyclic) bond motifs is 1. The van der Waals surface area contributed by atoms with Crippen LogP contribution in [0.25, 0.3) is 0 Å². The molecule has 3 amide bonds. The molecule has 1 unspecified atom stereocenters. The number of amides is 3. The molecule has 0 saturated carbocycles. The number of rotatable bonds is 11. The smallest absolute Gasteiger partial charge is 0.269 e. The van der Waals surface area contributed by atoms with E-state index in [1.54, 1.807) is 17.0 Å². The van der Waals surface area contributed by atoms with E-state index in [2.05, 4.69) is 5.32 Å². The zero-order valence-electron chi connectivity index (χ0n) is 23.0. The topological polar surface area (TPSA) is 104 Å². The van der Waals surface area contributed by atoms with E-state index in [4.69, 9.17) is 0 Å². The van der Waals surface area contributed by atoms with Crippen LogP contribution in [-0.2, 0) is 32.6 Å². The van der Waals surface area contributed by atoms with Gasteiger partial charge in [0.05, 0.1) is 5.56 Å². The van der Waals surface area contributed by atoms with Crippen LogP contribution in [0.5, 0.6) is 0 Å². The first-order valence-electron chi connectivity index (χ1n) is 13.4. The zero-order valence-corrected chi connectivity index (χ0v) is 23.9. The molecular formula is C31H35N3O5S. The highest BCUT2D eigenvalue weighted by molar-refractivity contribution is 7.90. The molecule has 0 spiro atoms. The Morgan fingerprint density at radius 3 is 2.20 bits per heavy atom. The molecule has 0 aromatic heterocycles. The second-order valence-corrected chi connectivity index (χ2v) is 12.2. The maximum Gasteiger partial charge on any atom is 0.269 e. The summed E-state index contributed by atoms with van der Waals surface area (Å²) in [5.74, 6) is -1.13. The maximum absolute atomic E-state index is 13.8. The molecule has 9 heteroatoms. The largest absolute Gasteiger partial charge is 0.352 e. The molecule has 210 valence electrons. The SMILES string of the molecule is Cc1ccc(CN(C(=O)CCCN2C(=O)c3ccccc3S2(=O)=O)C(Cc2ccccc2)C(=O)NC(C)C)cc1. The Morgan fingerprint density at radius 2 is 1.55 bits per heavy atom. The lowest BCUT2D eigenvalue weighted by Gasteiger charge is -2.32. The van der Waals surface area contributed by atoms with Crippen molar-refractivity contribution in [3.8, 4) is 0 Å². The van der Waals surface area contributed by atoms with Gasteiger partial charge in [-0.05, 0) is 50.5 Å². The Balaban J connectivity index is 1.56. The first kappa shape index (κ1) is 29.0. The van der Waals surface area contributed by atoms with Gasteiger partial charge >= 0.3 is 0 Å². The van der Waals surface area contributed by atoms with Crippen LogP contribution < -0.4 is 5.32 Å². The van der Waals surface area contributed by atoms with Crippen molar-refractivity contribution in [1.29, 1.82) is 0 Å². The van der Waals surface area contributed by atoms with Gasteiger partial charge in [0.25, 0.3) is 15.9 Å². The predicted molar refractivity (Wildman–Crippen MR) is 153 cm³/mol. The van der Waals surface area contributed by atoms with Gasteiger partial charge in [0.15, 0.2) is 0 Å². The van der Waals surface area contributed by atoms with Crippen molar-refractivity contribution in [2.75, 3.05) is 6.54 Å². The summed E-state index contributed by atoms with van der Waals surface area (Å²) in [6, 6.07) is 22.5. The molecule has 1 N–H and O–H groups in total. The number of nitrogens with zero attached hydrogens (tertiary/aromatic N) is 2.